The van der Waals surface area contributed by atoms with Crippen molar-refractivity contribution in [3.63, 3.8) is 0 Å². The summed E-state index contributed by atoms with van der Waals surface area (Å²) in [5, 5.41) is 3.00. The first-order valence-corrected chi connectivity index (χ1v) is 10.5. The highest BCUT2D eigenvalue weighted by atomic mass is 16.5. The van der Waals surface area contributed by atoms with E-state index in [9.17, 15) is 4.79 Å². The summed E-state index contributed by atoms with van der Waals surface area (Å²) < 4.78 is 5.74. The van der Waals surface area contributed by atoms with Crippen LogP contribution >= 0.6 is 0 Å². The van der Waals surface area contributed by atoms with Crippen molar-refractivity contribution < 1.29 is 9.53 Å². The number of carbonyl (C=O) groups excluding carboxylic acids is 1. The molecule has 1 aliphatic rings. The Morgan fingerprint density at radius 2 is 1.71 bits per heavy atom. The summed E-state index contributed by atoms with van der Waals surface area (Å²) in [5.74, 6) is 0.971. The number of piperidine rings is 1. The van der Waals surface area contributed by atoms with Crippen molar-refractivity contribution in [3.05, 3.63) is 65.2 Å². The molecule has 1 amide bonds. The molecule has 28 heavy (non-hydrogen) atoms. The van der Waals surface area contributed by atoms with Gasteiger partial charge in [-0.2, -0.15) is 0 Å². The SMILES string of the molecule is Cc1ccccc1OCCCC(=O)NCc1ccc(CN2CCCCC2)cc1. The fraction of sp³-hybridized carbons (Fsp3) is 0.458. The second-order valence-corrected chi connectivity index (χ2v) is 7.65. The average Bonchev–Trinajstić information content (AvgIpc) is 2.73. The number of ether oxygens (including phenoxy) is 1. The third-order valence-electron chi connectivity index (χ3n) is 5.27. The second kappa shape index (κ2) is 10.9. The number of hydrogen-bond acceptors (Lipinski definition) is 3. The van der Waals surface area contributed by atoms with E-state index >= 15 is 0 Å². The van der Waals surface area contributed by atoms with Gasteiger partial charge in [-0.1, -0.05) is 48.9 Å². The van der Waals surface area contributed by atoms with Gasteiger partial charge in [0, 0.05) is 19.5 Å². The van der Waals surface area contributed by atoms with Gasteiger partial charge in [0.15, 0.2) is 0 Å². The topological polar surface area (TPSA) is 41.6 Å². The van der Waals surface area contributed by atoms with Crippen LogP contribution in [0.15, 0.2) is 48.5 Å². The lowest BCUT2D eigenvalue weighted by atomic mass is 10.1. The van der Waals surface area contributed by atoms with Crippen molar-refractivity contribution >= 4 is 5.91 Å². The first-order chi connectivity index (χ1) is 13.7. The fourth-order valence-corrected chi connectivity index (χ4v) is 3.56. The molecule has 1 aliphatic heterocycles. The van der Waals surface area contributed by atoms with Crippen LogP contribution in [0.5, 0.6) is 5.75 Å². The van der Waals surface area contributed by atoms with Crippen LogP contribution in [-0.4, -0.2) is 30.5 Å². The molecule has 1 fully saturated rings. The number of hydrogen-bond donors (Lipinski definition) is 1. The predicted octanol–water partition coefficient (Wildman–Crippen LogP) is 4.46. The van der Waals surface area contributed by atoms with Crippen LogP contribution in [0, 0.1) is 6.92 Å². The number of nitrogens with one attached hydrogen (secondary N) is 1. The van der Waals surface area contributed by atoms with Crippen molar-refractivity contribution in [1.29, 1.82) is 0 Å². The summed E-state index contributed by atoms with van der Waals surface area (Å²) in [5.41, 5.74) is 3.62. The second-order valence-electron chi connectivity index (χ2n) is 7.65. The average molecular weight is 381 g/mol. The van der Waals surface area contributed by atoms with E-state index in [0.717, 1.165) is 29.8 Å². The Labute approximate surface area is 168 Å². The molecule has 0 atom stereocenters. The molecule has 2 aromatic carbocycles. The van der Waals surface area contributed by atoms with Crippen LogP contribution in [0.3, 0.4) is 0 Å². The van der Waals surface area contributed by atoms with Gasteiger partial charge in [0.2, 0.25) is 5.91 Å². The monoisotopic (exact) mass is 380 g/mol. The van der Waals surface area contributed by atoms with Gasteiger partial charge in [-0.05, 0) is 62.0 Å². The van der Waals surface area contributed by atoms with E-state index in [0.29, 0.717) is 19.6 Å². The zero-order valence-electron chi connectivity index (χ0n) is 17.0. The van der Waals surface area contributed by atoms with Crippen LogP contribution in [0.25, 0.3) is 0 Å². The molecule has 3 rings (SSSR count). The maximum Gasteiger partial charge on any atom is 0.220 e. The largest absolute Gasteiger partial charge is 0.493 e. The molecule has 1 saturated heterocycles. The minimum absolute atomic E-state index is 0.0748. The summed E-state index contributed by atoms with van der Waals surface area (Å²) in [6, 6.07) is 16.6. The van der Waals surface area contributed by atoms with Gasteiger partial charge in [-0.15, -0.1) is 0 Å². The smallest absolute Gasteiger partial charge is 0.220 e. The van der Waals surface area contributed by atoms with Gasteiger partial charge in [0.25, 0.3) is 0 Å². The zero-order valence-corrected chi connectivity index (χ0v) is 17.0. The van der Waals surface area contributed by atoms with E-state index in [1.54, 1.807) is 0 Å². The van der Waals surface area contributed by atoms with Crippen molar-refractivity contribution in [2.75, 3.05) is 19.7 Å². The summed E-state index contributed by atoms with van der Waals surface area (Å²) in [4.78, 5) is 14.6. The molecule has 4 heteroatoms. The minimum Gasteiger partial charge on any atom is -0.493 e. The van der Waals surface area contributed by atoms with Gasteiger partial charge in [-0.25, -0.2) is 0 Å². The molecule has 0 spiro atoms. The highest BCUT2D eigenvalue weighted by molar-refractivity contribution is 5.75. The van der Waals surface area contributed by atoms with Crippen molar-refractivity contribution in [2.45, 2.75) is 52.1 Å². The zero-order chi connectivity index (χ0) is 19.6. The highest BCUT2D eigenvalue weighted by Crippen LogP contribution is 2.16. The number of carbonyl (C=O) groups is 1. The Bertz CT molecular complexity index is 737. The van der Waals surface area contributed by atoms with Crippen molar-refractivity contribution in [1.82, 2.24) is 10.2 Å². The molecular weight excluding hydrogens is 348 g/mol. The minimum atomic E-state index is 0.0748. The van der Waals surface area contributed by atoms with Crippen LogP contribution in [0.1, 0.15) is 48.8 Å². The Morgan fingerprint density at radius 1 is 1.00 bits per heavy atom. The van der Waals surface area contributed by atoms with Crippen molar-refractivity contribution in [3.8, 4) is 5.75 Å². The third-order valence-corrected chi connectivity index (χ3v) is 5.27. The summed E-state index contributed by atoms with van der Waals surface area (Å²) in [6.45, 7) is 6.63. The molecule has 150 valence electrons. The number of amides is 1. The van der Waals surface area contributed by atoms with E-state index in [2.05, 4.69) is 34.5 Å². The molecule has 0 aromatic heterocycles. The van der Waals surface area contributed by atoms with Crippen LogP contribution < -0.4 is 10.1 Å². The maximum atomic E-state index is 12.1. The lowest BCUT2D eigenvalue weighted by Crippen LogP contribution is -2.29. The number of nitrogens with zero attached hydrogens (tertiary/aromatic N) is 1. The van der Waals surface area contributed by atoms with Gasteiger partial charge in [-0.3, -0.25) is 9.69 Å². The number of benzene rings is 2. The van der Waals surface area contributed by atoms with Crippen LogP contribution in [0.4, 0.5) is 0 Å². The van der Waals surface area contributed by atoms with Gasteiger partial charge < -0.3 is 10.1 Å². The molecule has 0 bridgehead atoms. The standard InChI is InChI=1S/C24H32N2O2/c1-20-8-3-4-9-23(20)28-17-7-10-24(27)25-18-21-11-13-22(14-12-21)19-26-15-5-2-6-16-26/h3-4,8-9,11-14H,2,5-7,10,15-19H2,1H3,(H,25,27). The highest BCUT2D eigenvalue weighted by Gasteiger charge is 2.10. The number of para-hydroxylation sites is 1. The molecule has 0 radical (unpaired) electrons. The summed E-state index contributed by atoms with van der Waals surface area (Å²) in [7, 11) is 0. The van der Waals surface area contributed by atoms with Crippen molar-refractivity contribution in [2.24, 2.45) is 0 Å². The Morgan fingerprint density at radius 3 is 2.46 bits per heavy atom. The Kier molecular flexibility index (Phi) is 7.92. The summed E-state index contributed by atoms with van der Waals surface area (Å²) in [6.07, 6.45) is 5.21. The lowest BCUT2D eigenvalue weighted by Gasteiger charge is -2.26. The first-order valence-electron chi connectivity index (χ1n) is 10.5. The molecule has 0 unspecified atom stereocenters. The lowest BCUT2D eigenvalue weighted by molar-refractivity contribution is -0.121. The molecule has 0 saturated carbocycles. The van der Waals surface area contributed by atoms with Crippen LogP contribution in [-0.2, 0) is 17.9 Å². The number of rotatable bonds is 9. The molecule has 1 N–H and O–H groups in total. The molecule has 0 aliphatic carbocycles. The first kappa shape index (κ1) is 20.4. The van der Waals surface area contributed by atoms with Gasteiger partial charge >= 0.3 is 0 Å². The Hall–Kier alpha value is -2.33. The van der Waals surface area contributed by atoms with E-state index in [4.69, 9.17) is 4.74 Å². The predicted molar refractivity (Wildman–Crippen MR) is 113 cm³/mol. The van der Waals surface area contributed by atoms with E-state index in [1.165, 1.54) is 37.9 Å². The quantitative estimate of drug-likeness (QED) is 0.653. The summed E-state index contributed by atoms with van der Waals surface area (Å²) >= 11 is 0. The third kappa shape index (κ3) is 6.68. The van der Waals surface area contributed by atoms with Gasteiger partial charge in [0.1, 0.15) is 5.75 Å². The van der Waals surface area contributed by atoms with Crippen LogP contribution in [0.2, 0.25) is 0 Å². The van der Waals surface area contributed by atoms with E-state index in [1.807, 2.05) is 31.2 Å². The molecule has 4 nitrogen and oxygen atoms in total. The number of aryl methyl sites for hydroxylation is 1. The molecule has 1 heterocycles. The maximum absolute atomic E-state index is 12.1. The normalized spacial score (nSPS) is 14.6. The number of likely N-dealkylation sites (tertiary alicyclic amines) is 1. The van der Waals surface area contributed by atoms with E-state index < -0.39 is 0 Å². The van der Waals surface area contributed by atoms with E-state index in [-0.39, 0.29) is 5.91 Å². The Balaban J connectivity index is 1.32. The van der Waals surface area contributed by atoms with Gasteiger partial charge in [0.05, 0.1) is 6.61 Å². The molecule has 2 aromatic rings. The molecular formula is C24H32N2O2. The fourth-order valence-electron chi connectivity index (χ4n) is 3.56.